The molecule has 1 aliphatic rings. The van der Waals surface area contributed by atoms with Gasteiger partial charge in [0.1, 0.15) is 17.0 Å². The number of benzene rings is 2. The number of hydrogen-bond acceptors (Lipinski definition) is 9. The van der Waals surface area contributed by atoms with Gasteiger partial charge in [-0.05, 0) is 68.7 Å². The summed E-state index contributed by atoms with van der Waals surface area (Å²) in [5.41, 5.74) is 11.9. The molecule has 0 saturated carbocycles. The summed E-state index contributed by atoms with van der Waals surface area (Å²) in [4.78, 5) is 40.8. The van der Waals surface area contributed by atoms with Crippen LogP contribution in [0.3, 0.4) is 0 Å². The first-order valence-electron chi connectivity index (χ1n) is 16.6. The molecule has 3 aromatic heterocycles. The number of piperidine rings is 1. The van der Waals surface area contributed by atoms with Crippen molar-refractivity contribution in [2.45, 2.75) is 59.2 Å². The van der Waals surface area contributed by atoms with Crippen LogP contribution in [0, 0.1) is 0 Å². The first kappa shape index (κ1) is 32.6. The average Bonchev–Trinajstić information content (AvgIpc) is 3.50. The van der Waals surface area contributed by atoms with Crippen LogP contribution in [-0.2, 0) is 6.54 Å². The number of anilines is 2. The zero-order valence-electron chi connectivity index (χ0n) is 27.8. The standard InChI is InChI=1S/C36H35N7O3.C2H6/c1-22(2)46-33-30(31(44)32(33)45)39-25-16-19-42(20-17-25)21-23-10-12-26(13-11-23)43-35(27-9-6-18-38-34(27)37)41-29-15-14-28(40-36(29)43)24-7-4-3-5-8-24;1-2/h3-15,18,22,25,39H,16-17,19-21H2,1-2H3,(H2,37,38);1-2H3. The summed E-state index contributed by atoms with van der Waals surface area (Å²) in [5, 5.41) is 3.28. The number of pyridine rings is 2. The summed E-state index contributed by atoms with van der Waals surface area (Å²) in [6.07, 6.45) is 3.25. The summed E-state index contributed by atoms with van der Waals surface area (Å²) in [6.45, 7) is 10.2. The van der Waals surface area contributed by atoms with Gasteiger partial charge in [0, 0.05) is 43.1 Å². The SMILES string of the molecule is CC.CC(C)Oc1c(NC2CCN(Cc3ccc(-n4c(-c5cccnc5N)nc5ccc(-c6ccccc6)nc54)cc3)CC2)c(=O)c1=O. The number of likely N-dealkylation sites (tertiary alicyclic amines) is 1. The van der Waals surface area contributed by atoms with Gasteiger partial charge in [0.2, 0.25) is 0 Å². The fraction of sp³-hybridized carbons (Fsp3) is 0.289. The highest BCUT2D eigenvalue weighted by molar-refractivity contribution is 5.84. The largest absolute Gasteiger partial charge is 0.485 e. The second kappa shape index (κ2) is 14.2. The van der Waals surface area contributed by atoms with E-state index < -0.39 is 10.9 Å². The average molecular weight is 644 g/mol. The third-order valence-corrected chi connectivity index (χ3v) is 8.41. The van der Waals surface area contributed by atoms with E-state index in [1.54, 1.807) is 6.20 Å². The Hall–Kier alpha value is -5.35. The van der Waals surface area contributed by atoms with Crippen molar-refractivity contribution in [2.75, 3.05) is 24.1 Å². The van der Waals surface area contributed by atoms with Crippen molar-refractivity contribution in [3.05, 3.63) is 111 Å². The van der Waals surface area contributed by atoms with Gasteiger partial charge in [-0.1, -0.05) is 56.3 Å². The highest BCUT2D eigenvalue weighted by atomic mass is 16.5. The van der Waals surface area contributed by atoms with Gasteiger partial charge in [0.05, 0.1) is 17.4 Å². The normalized spacial score (nSPS) is 13.9. The van der Waals surface area contributed by atoms with Gasteiger partial charge in [-0.2, -0.15) is 0 Å². The van der Waals surface area contributed by atoms with Crippen LogP contribution >= 0.6 is 0 Å². The number of nitrogen functional groups attached to an aromatic ring is 1. The number of rotatable bonds is 9. The fourth-order valence-corrected chi connectivity index (χ4v) is 6.06. The lowest BCUT2D eigenvalue weighted by atomic mass is 10.0. The van der Waals surface area contributed by atoms with Gasteiger partial charge in [0.15, 0.2) is 17.2 Å². The molecule has 7 rings (SSSR count). The van der Waals surface area contributed by atoms with E-state index in [0.717, 1.165) is 66.1 Å². The summed E-state index contributed by atoms with van der Waals surface area (Å²) in [7, 11) is 0. The van der Waals surface area contributed by atoms with Crippen LogP contribution in [0.15, 0.2) is 94.6 Å². The number of fused-ring (bicyclic) bond motifs is 1. The summed E-state index contributed by atoms with van der Waals surface area (Å²) in [6, 6.07) is 26.5. The minimum Gasteiger partial charge on any atom is -0.485 e. The molecule has 246 valence electrons. The Morgan fingerprint density at radius 2 is 1.62 bits per heavy atom. The van der Waals surface area contributed by atoms with E-state index in [-0.39, 0.29) is 17.9 Å². The molecule has 0 unspecified atom stereocenters. The maximum Gasteiger partial charge on any atom is 0.272 e. The van der Waals surface area contributed by atoms with Crippen molar-refractivity contribution in [1.29, 1.82) is 0 Å². The summed E-state index contributed by atoms with van der Waals surface area (Å²) in [5.74, 6) is 1.27. The predicted octanol–water partition coefficient (Wildman–Crippen LogP) is 6.22. The third kappa shape index (κ3) is 6.57. The number of nitrogens with one attached hydrogen (secondary N) is 1. The van der Waals surface area contributed by atoms with Crippen LogP contribution < -0.4 is 26.6 Å². The molecular formula is C38H41N7O3. The van der Waals surface area contributed by atoms with E-state index in [1.165, 1.54) is 5.56 Å². The van der Waals surface area contributed by atoms with E-state index in [9.17, 15) is 9.59 Å². The van der Waals surface area contributed by atoms with Crippen molar-refractivity contribution in [3.63, 3.8) is 0 Å². The van der Waals surface area contributed by atoms with Crippen LogP contribution in [0.2, 0.25) is 0 Å². The Labute approximate surface area is 279 Å². The van der Waals surface area contributed by atoms with Gasteiger partial charge in [-0.3, -0.25) is 19.1 Å². The number of aromatic nitrogens is 4. The van der Waals surface area contributed by atoms with Gasteiger partial charge in [-0.15, -0.1) is 0 Å². The summed E-state index contributed by atoms with van der Waals surface area (Å²) >= 11 is 0. The number of nitrogens with two attached hydrogens (primary N) is 1. The Kier molecular flexibility index (Phi) is 9.63. The Balaban J connectivity index is 0.00000197. The summed E-state index contributed by atoms with van der Waals surface area (Å²) < 4.78 is 7.62. The van der Waals surface area contributed by atoms with Gasteiger partial charge >= 0.3 is 0 Å². The van der Waals surface area contributed by atoms with Crippen LogP contribution in [-0.4, -0.2) is 49.7 Å². The van der Waals surface area contributed by atoms with Gasteiger partial charge < -0.3 is 15.8 Å². The molecule has 1 aliphatic heterocycles. The first-order valence-corrected chi connectivity index (χ1v) is 16.6. The van der Waals surface area contributed by atoms with Gasteiger partial charge in [-0.25, -0.2) is 15.0 Å². The van der Waals surface area contributed by atoms with E-state index in [1.807, 2.05) is 82.3 Å². The zero-order valence-corrected chi connectivity index (χ0v) is 27.8. The van der Waals surface area contributed by atoms with E-state index in [0.29, 0.717) is 17.3 Å². The maximum absolute atomic E-state index is 12.1. The Bertz CT molecular complexity index is 2070. The molecule has 4 heterocycles. The predicted molar refractivity (Wildman–Crippen MR) is 192 cm³/mol. The maximum atomic E-state index is 12.1. The molecule has 0 amide bonds. The van der Waals surface area contributed by atoms with Crippen molar-refractivity contribution in [3.8, 4) is 34.1 Å². The molecule has 1 saturated heterocycles. The second-order valence-electron chi connectivity index (χ2n) is 12.0. The fourth-order valence-electron chi connectivity index (χ4n) is 6.06. The topological polar surface area (TPSA) is 128 Å². The van der Waals surface area contributed by atoms with Crippen LogP contribution in [0.5, 0.6) is 5.75 Å². The molecule has 0 bridgehead atoms. The number of nitrogens with zero attached hydrogens (tertiary/aromatic N) is 5. The minimum absolute atomic E-state index is 0.123. The van der Waals surface area contributed by atoms with Crippen LogP contribution in [0.4, 0.5) is 11.5 Å². The van der Waals surface area contributed by atoms with E-state index >= 15 is 0 Å². The molecule has 0 radical (unpaired) electrons. The molecule has 6 aromatic rings. The van der Waals surface area contributed by atoms with Crippen molar-refractivity contribution in [2.24, 2.45) is 0 Å². The first-order chi connectivity index (χ1) is 23.4. The lowest BCUT2D eigenvalue weighted by Crippen LogP contribution is -2.43. The van der Waals surface area contributed by atoms with Crippen LogP contribution in [0.1, 0.15) is 46.1 Å². The van der Waals surface area contributed by atoms with Crippen molar-refractivity contribution >= 4 is 22.7 Å². The van der Waals surface area contributed by atoms with Crippen molar-refractivity contribution in [1.82, 2.24) is 24.4 Å². The molecule has 3 N–H and O–H groups in total. The van der Waals surface area contributed by atoms with E-state index in [2.05, 4.69) is 44.0 Å². The minimum atomic E-state index is -0.538. The quantitative estimate of drug-likeness (QED) is 0.177. The van der Waals surface area contributed by atoms with Crippen molar-refractivity contribution < 1.29 is 4.74 Å². The Morgan fingerprint density at radius 1 is 0.896 bits per heavy atom. The molecule has 0 aliphatic carbocycles. The molecule has 10 heteroatoms. The highest BCUT2D eigenvalue weighted by Crippen LogP contribution is 2.32. The second-order valence-corrected chi connectivity index (χ2v) is 12.0. The van der Waals surface area contributed by atoms with Crippen LogP contribution in [0.25, 0.3) is 39.5 Å². The number of imidazole rings is 1. The highest BCUT2D eigenvalue weighted by Gasteiger charge is 2.28. The zero-order chi connectivity index (χ0) is 33.8. The monoisotopic (exact) mass is 643 g/mol. The lowest BCUT2D eigenvalue weighted by molar-refractivity contribution is 0.210. The lowest BCUT2D eigenvalue weighted by Gasteiger charge is -2.33. The smallest absolute Gasteiger partial charge is 0.272 e. The molecule has 10 nitrogen and oxygen atoms in total. The third-order valence-electron chi connectivity index (χ3n) is 8.41. The van der Waals surface area contributed by atoms with Gasteiger partial charge in [0.25, 0.3) is 10.9 Å². The molecule has 48 heavy (non-hydrogen) atoms. The molecule has 3 aromatic carbocycles. The number of ether oxygens (including phenoxy) is 1. The molecule has 1 fully saturated rings. The van der Waals surface area contributed by atoms with E-state index in [4.69, 9.17) is 20.4 Å². The number of hydrogen-bond donors (Lipinski definition) is 2. The molecule has 0 atom stereocenters. The Morgan fingerprint density at radius 3 is 2.31 bits per heavy atom. The molecule has 0 spiro atoms. The molecular weight excluding hydrogens is 602 g/mol.